The van der Waals surface area contributed by atoms with Crippen LogP contribution in [0.25, 0.3) is 0 Å². The molecular weight excluding hydrogens is 590 g/mol. The van der Waals surface area contributed by atoms with Crippen LogP contribution in [-0.4, -0.2) is 12.3 Å². The van der Waals surface area contributed by atoms with Gasteiger partial charge in [0.05, 0.1) is 0 Å². The molecule has 0 aliphatic heterocycles. The third-order valence-corrected chi connectivity index (χ3v) is 14.2. The Kier molecular flexibility index (Phi) is 18.7. The van der Waals surface area contributed by atoms with Crippen LogP contribution in [0.3, 0.4) is 0 Å². The number of benzene rings is 4. The molecule has 0 aliphatic carbocycles. The molecule has 0 bridgehead atoms. The van der Waals surface area contributed by atoms with Crippen LogP contribution in [0.4, 0.5) is 0 Å². The summed E-state index contributed by atoms with van der Waals surface area (Å²) >= 11 is 0. The Bertz CT molecular complexity index is 1110. The minimum absolute atomic E-state index is 0.219. The van der Waals surface area contributed by atoms with Gasteiger partial charge in [-0.15, -0.1) is 0 Å². The highest BCUT2D eigenvalue weighted by Crippen LogP contribution is 2.36. The van der Waals surface area contributed by atoms with Crippen molar-refractivity contribution in [2.75, 3.05) is 12.3 Å². The molecule has 0 aromatic heterocycles. The molecule has 4 aromatic carbocycles. The van der Waals surface area contributed by atoms with E-state index < -0.39 is 0 Å². The molecule has 0 amide bonds. The van der Waals surface area contributed by atoms with Crippen LogP contribution in [0.1, 0.15) is 103 Å². The van der Waals surface area contributed by atoms with Gasteiger partial charge in [0.1, 0.15) is 0 Å². The summed E-state index contributed by atoms with van der Waals surface area (Å²) < 4.78 is 0. The zero-order valence-electron chi connectivity index (χ0n) is 28.3. The maximum Gasteiger partial charge on any atom is -0.0195 e. The smallest absolute Gasteiger partial charge is 0.0195 e. The summed E-state index contributed by atoms with van der Waals surface area (Å²) in [7, 11) is -0.438. The van der Waals surface area contributed by atoms with Gasteiger partial charge in [0.25, 0.3) is 0 Å². The van der Waals surface area contributed by atoms with E-state index in [9.17, 15) is 0 Å². The van der Waals surface area contributed by atoms with E-state index in [0.29, 0.717) is 0 Å². The van der Waals surface area contributed by atoms with Gasteiger partial charge in [0.15, 0.2) is 0 Å². The number of hydrogen-bond donors (Lipinski definition) is 0. The normalized spacial score (nSPS) is 11.6. The topological polar surface area (TPSA) is 0 Å². The molecule has 0 saturated carbocycles. The quantitative estimate of drug-likeness (QED) is 0.0403. The summed E-state index contributed by atoms with van der Waals surface area (Å²) in [4.78, 5) is 0. The van der Waals surface area contributed by atoms with Gasteiger partial charge in [0, 0.05) is 0 Å². The second kappa shape index (κ2) is 23.7. The van der Waals surface area contributed by atoms with Crippen molar-refractivity contribution in [2.45, 2.75) is 103 Å². The van der Waals surface area contributed by atoms with Gasteiger partial charge in [0.2, 0.25) is 0 Å². The first kappa shape index (κ1) is 36.3. The summed E-state index contributed by atoms with van der Waals surface area (Å²) in [6, 6.07) is 44.7. The minimum Gasteiger partial charge on any atom is -0.0885 e. The lowest BCUT2D eigenvalue weighted by Crippen LogP contribution is -2.13. The van der Waals surface area contributed by atoms with E-state index in [4.69, 9.17) is 0 Å². The Balaban J connectivity index is 0.934. The molecule has 0 N–H and O–H groups in total. The molecule has 0 nitrogen and oxygen atoms in total. The van der Waals surface area contributed by atoms with Gasteiger partial charge in [-0.25, -0.2) is 0 Å². The predicted molar refractivity (Wildman–Crippen MR) is 211 cm³/mol. The Hall–Kier alpha value is -2.52. The van der Waals surface area contributed by atoms with Gasteiger partial charge in [-0.2, -0.15) is 0 Å². The molecule has 0 atom stereocenters. The molecule has 46 heavy (non-hydrogen) atoms. The SMILES string of the molecule is C(=C\CCCCCCCCCP(c1ccccc1)c1ccccc1)/CCCCCCCCCP(c1ccccc1)c1ccccc1. The Morgan fingerprint density at radius 2 is 0.522 bits per heavy atom. The van der Waals surface area contributed by atoms with Crippen molar-refractivity contribution >= 4 is 37.1 Å². The third kappa shape index (κ3) is 14.5. The minimum atomic E-state index is -0.219. The van der Waals surface area contributed by atoms with Crippen LogP contribution in [0.2, 0.25) is 0 Å². The average molecular weight is 649 g/mol. The first-order valence-corrected chi connectivity index (χ1v) is 21.4. The van der Waals surface area contributed by atoms with Gasteiger partial charge in [-0.3, -0.25) is 0 Å². The van der Waals surface area contributed by atoms with Crippen molar-refractivity contribution in [2.24, 2.45) is 0 Å². The third-order valence-electron chi connectivity index (χ3n) is 8.94. The monoisotopic (exact) mass is 648 g/mol. The predicted octanol–water partition coefficient (Wildman–Crippen LogP) is 12.0. The van der Waals surface area contributed by atoms with Gasteiger partial charge in [-0.05, 0) is 87.9 Å². The lowest BCUT2D eigenvalue weighted by molar-refractivity contribution is 0.589. The van der Waals surface area contributed by atoms with Crippen molar-refractivity contribution < 1.29 is 0 Å². The van der Waals surface area contributed by atoms with Crippen LogP contribution in [0.15, 0.2) is 133 Å². The highest BCUT2D eigenvalue weighted by molar-refractivity contribution is 7.73. The highest BCUT2D eigenvalue weighted by Gasteiger charge is 2.13. The van der Waals surface area contributed by atoms with E-state index in [2.05, 4.69) is 133 Å². The lowest BCUT2D eigenvalue weighted by atomic mass is 10.1. The van der Waals surface area contributed by atoms with Crippen LogP contribution in [-0.2, 0) is 0 Å². The van der Waals surface area contributed by atoms with Crippen molar-refractivity contribution in [3.05, 3.63) is 133 Å². The van der Waals surface area contributed by atoms with E-state index in [0.717, 1.165) is 0 Å². The van der Waals surface area contributed by atoms with Crippen molar-refractivity contribution in [3.63, 3.8) is 0 Å². The van der Waals surface area contributed by atoms with Crippen LogP contribution in [0, 0.1) is 0 Å². The molecule has 0 aliphatic rings. The van der Waals surface area contributed by atoms with E-state index in [1.807, 2.05) is 0 Å². The maximum absolute atomic E-state index is 2.45. The first-order chi connectivity index (χ1) is 22.9. The van der Waals surface area contributed by atoms with Crippen LogP contribution >= 0.6 is 15.8 Å². The van der Waals surface area contributed by atoms with Crippen LogP contribution < -0.4 is 21.2 Å². The molecule has 0 unspecified atom stereocenters. The largest absolute Gasteiger partial charge is 0.0885 e. The number of unbranched alkanes of at least 4 members (excludes halogenated alkanes) is 14. The summed E-state index contributed by atoms with van der Waals surface area (Å²) in [5.41, 5.74) is 0. The molecule has 4 rings (SSSR count). The molecule has 0 spiro atoms. The zero-order chi connectivity index (χ0) is 31.7. The Morgan fingerprint density at radius 1 is 0.283 bits per heavy atom. The van der Waals surface area contributed by atoms with E-state index in [-0.39, 0.29) is 15.8 Å². The standard InChI is InChI=1S/C44H58P2/c1(3-5-7-9-11-13-15-29-39-45(41-31-21-17-22-32-41)42-33-23-18-24-34-42)2-4-6-8-10-12-14-16-30-40-46(43-35-25-19-26-36-43)44-37-27-20-28-38-44/h1-2,17-28,31-38H,3-16,29-30,39-40H2/b2-1+. The fraction of sp³-hybridized carbons (Fsp3) is 0.409. The number of hydrogen-bond acceptors (Lipinski definition) is 0. The number of rotatable bonds is 24. The highest BCUT2D eigenvalue weighted by atomic mass is 31.1. The zero-order valence-corrected chi connectivity index (χ0v) is 30.1. The molecule has 4 aromatic rings. The second-order valence-corrected chi connectivity index (χ2v) is 17.3. The van der Waals surface area contributed by atoms with Crippen molar-refractivity contribution in [1.29, 1.82) is 0 Å². The lowest BCUT2D eigenvalue weighted by Gasteiger charge is -2.18. The molecule has 0 radical (unpaired) electrons. The molecule has 0 saturated heterocycles. The van der Waals surface area contributed by atoms with E-state index in [1.54, 1.807) is 0 Å². The molecule has 0 heterocycles. The number of allylic oxidation sites excluding steroid dienone is 2. The summed E-state index contributed by atoms with van der Waals surface area (Å²) in [6.45, 7) is 0. The second-order valence-electron chi connectivity index (χ2n) is 12.6. The Labute approximate surface area is 284 Å². The van der Waals surface area contributed by atoms with Crippen molar-refractivity contribution in [3.8, 4) is 0 Å². The van der Waals surface area contributed by atoms with Crippen molar-refractivity contribution in [1.82, 2.24) is 0 Å². The average Bonchev–Trinajstić information content (AvgIpc) is 3.12. The maximum atomic E-state index is 2.45. The fourth-order valence-electron chi connectivity index (χ4n) is 6.31. The van der Waals surface area contributed by atoms with E-state index in [1.165, 1.54) is 136 Å². The Morgan fingerprint density at radius 3 is 0.804 bits per heavy atom. The fourth-order valence-corrected chi connectivity index (χ4v) is 11.2. The molecular formula is C44H58P2. The van der Waals surface area contributed by atoms with Crippen LogP contribution in [0.5, 0.6) is 0 Å². The molecule has 2 heteroatoms. The van der Waals surface area contributed by atoms with Gasteiger partial charge in [-0.1, -0.05) is 198 Å². The molecule has 0 fully saturated rings. The molecule has 244 valence electrons. The van der Waals surface area contributed by atoms with Gasteiger partial charge < -0.3 is 0 Å². The first-order valence-electron chi connectivity index (χ1n) is 18.3. The summed E-state index contributed by atoms with van der Waals surface area (Å²) in [5.74, 6) is 0. The van der Waals surface area contributed by atoms with Gasteiger partial charge >= 0.3 is 0 Å². The summed E-state index contributed by atoms with van der Waals surface area (Å²) in [6.07, 6.45) is 29.4. The van der Waals surface area contributed by atoms with E-state index >= 15 is 0 Å². The summed E-state index contributed by atoms with van der Waals surface area (Å²) in [5, 5.41) is 6.09.